The number of ketones is 1. The van der Waals surface area contributed by atoms with Crippen LogP contribution in [0.2, 0.25) is 5.02 Å². The van der Waals surface area contributed by atoms with E-state index in [-0.39, 0.29) is 20.6 Å². The number of hydrogen-bond donors (Lipinski definition) is 0. The minimum atomic E-state index is -0.774. The number of carbonyl (C=O) groups is 1. The molecule has 0 saturated carbocycles. The molecule has 0 unspecified atom stereocenters. The fourth-order valence-corrected chi connectivity index (χ4v) is 2.65. The fraction of sp³-hybridized carbons (Fsp3) is 0.0714. The van der Waals surface area contributed by atoms with E-state index in [0.717, 1.165) is 6.07 Å². The first kappa shape index (κ1) is 15.6. The molecule has 0 aromatic heterocycles. The molecule has 0 N–H and O–H groups in total. The molecule has 0 atom stereocenters. The molecule has 1 nitrogen and oxygen atoms in total. The normalized spacial score (nSPS) is 10.7. The predicted molar refractivity (Wildman–Crippen MR) is 81.2 cm³/mol. The summed E-state index contributed by atoms with van der Waals surface area (Å²) in [6.07, 6.45) is -0.396. The van der Waals surface area contributed by atoms with Crippen molar-refractivity contribution in [2.75, 3.05) is 0 Å². The SMILES string of the molecule is O=C(Cc1c(F)ccc(Br)c1F)c1cc(Br)ccc1Cl. The molecule has 2 rings (SSSR count). The van der Waals surface area contributed by atoms with Gasteiger partial charge in [0.2, 0.25) is 0 Å². The largest absolute Gasteiger partial charge is 0.294 e. The zero-order chi connectivity index (χ0) is 14.9. The molecular weight excluding hydrogens is 417 g/mol. The van der Waals surface area contributed by atoms with Gasteiger partial charge in [-0.3, -0.25) is 4.79 Å². The highest BCUT2D eigenvalue weighted by Gasteiger charge is 2.18. The maximum Gasteiger partial charge on any atom is 0.168 e. The van der Waals surface area contributed by atoms with E-state index in [9.17, 15) is 13.6 Å². The molecule has 0 aliphatic rings. The van der Waals surface area contributed by atoms with Crippen LogP contribution in [-0.2, 0) is 6.42 Å². The van der Waals surface area contributed by atoms with Crippen LogP contribution in [0.5, 0.6) is 0 Å². The van der Waals surface area contributed by atoms with E-state index in [2.05, 4.69) is 31.9 Å². The Kier molecular flexibility index (Phi) is 4.94. The second-order valence-electron chi connectivity index (χ2n) is 4.05. The number of rotatable bonds is 3. The van der Waals surface area contributed by atoms with Crippen molar-refractivity contribution in [2.24, 2.45) is 0 Å². The molecule has 0 spiro atoms. The summed E-state index contributed by atoms with van der Waals surface area (Å²) in [5.74, 6) is -1.98. The molecule has 0 aliphatic heterocycles. The molecule has 104 valence electrons. The van der Waals surface area contributed by atoms with Crippen molar-refractivity contribution in [3.05, 3.63) is 67.1 Å². The van der Waals surface area contributed by atoms with Gasteiger partial charge in [-0.15, -0.1) is 0 Å². The highest BCUT2D eigenvalue weighted by molar-refractivity contribution is 9.10. The summed E-state index contributed by atoms with van der Waals surface area (Å²) < 4.78 is 28.2. The average Bonchev–Trinajstić information content (AvgIpc) is 2.41. The molecule has 0 saturated heterocycles. The van der Waals surface area contributed by atoms with Gasteiger partial charge in [0.25, 0.3) is 0 Å². The Morgan fingerprint density at radius 3 is 2.55 bits per heavy atom. The lowest BCUT2D eigenvalue weighted by Gasteiger charge is -2.07. The van der Waals surface area contributed by atoms with E-state index in [1.165, 1.54) is 12.1 Å². The third-order valence-corrected chi connectivity index (χ3v) is 4.14. The highest BCUT2D eigenvalue weighted by atomic mass is 79.9. The zero-order valence-electron chi connectivity index (χ0n) is 9.89. The first-order valence-electron chi connectivity index (χ1n) is 5.50. The molecule has 2 aromatic rings. The standard InChI is InChI=1S/C14H7Br2ClF2O/c15-7-1-3-11(17)8(5-7)13(20)6-9-12(18)4-2-10(16)14(9)19/h1-5H,6H2. The van der Waals surface area contributed by atoms with Crippen molar-refractivity contribution in [1.82, 2.24) is 0 Å². The number of hydrogen-bond acceptors (Lipinski definition) is 1. The molecule has 0 amide bonds. The van der Waals surface area contributed by atoms with Crippen LogP contribution in [0.4, 0.5) is 8.78 Å². The van der Waals surface area contributed by atoms with Crippen LogP contribution in [0, 0.1) is 11.6 Å². The highest BCUT2D eigenvalue weighted by Crippen LogP contribution is 2.26. The molecular formula is C14H7Br2ClF2O. The van der Waals surface area contributed by atoms with Gasteiger partial charge in [0, 0.05) is 22.0 Å². The molecule has 6 heteroatoms. The smallest absolute Gasteiger partial charge is 0.168 e. The predicted octanol–water partition coefficient (Wildman–Crippen LogP) is 5.57. The average molecular weight is 424 g/mol. The Labute approximate surface area is 136 Å². The van der Waals surface area contributed by atoms with Crippen LogP contribution in [0.25, 0.3) is 0 Å². The van der Waals surface area contributed by atoms with E-state index < -0.39 is 23.8 Å². The van der Waals surface area contributed by atoms with Crippen molar-refractivity contribution in [1.29, 1.82) is 0 Å². The van der Waals surface area contributed by atoms with Crippen LogP contribution >= 0.6 is 43.5 Å². The van der Waals surface area contributed by atoms with Crippen LogP contribution in [0.3, 0.4) is 0 Å². The second-order valence-corrected chi connectivity index (χ2v) is 6.22. The van der Waals surface area contributed by atoms with Crippen LogP contribution in [0.15, 0.2) is 39.3 Å². The Morgan fingerprint density at radius 2 is 1.85 bits per heavy atom. The van der Waals surface area contributed by atoms with Gasteiger partial charge in [-0.25, -0.2) is 8.78 Å². The van der Waals surface area contributed by atoms with Crippen LogP contribution in [0.1, 0.15) is 15.9 Å². The fourth-order valence-electron chi connectivity index (χ4n) is 1.70. The summed E-state index contributed by atoms with van der Waals surface area (Å²) in [7, 11) is 0. The summed E-state index contributed by atoms with van der Waals surface area (Å²) in [5, 5.41) is 0.244. The van der Waals surface area contributed by atoms with Gasteiger partial charge in [-0.1, -0.05) is 27.5 Å². The van der Waals surface area contributed by atoms with E-state index in [4.69, 9.17) is 11.6 Å². The third-order valence-electron chi connectivity index (χ3n) is 2.71. The van der Waals surface area contributed by atoms with E-state index in [1.807, 2.05) is 0 Å². The lowest BCUT2D eigenvalue weighted by Crippen LogP contribution is -2.08. The van der Waals surface area contributed by atoms with Gasteiger partial charge >= 0.3 is 0 Å². The number of Topliss-reactive ketones (excluding diaryl/α,β-unsaturated/α-hetero) is 1. The Hall–Kier alpha value is -0.780. The first-order valence-corrected chi connectivity index (χ1v) is 7.47. The van der Waals surface area contributed by atoms with Crippen LogP contribution in [-0.4, -0.2) is 5.78 Å². The first-order chi connectivity index (χ1) is 9.40. The summed E-state index contributed by atoms with van der Waals surface area (Å²) in [5.41, 5.74) is -0.0553. The van der Waals surface area contributed by atoms with Crippen molar-refractivity contribution in [3.8, 4) is 0 Å². The summed E-state index contributed by atoms with van der Waals surface area (Å²) >= 11 is 12.1. The Bertz CT molecular complexity index is 689. The number of carbonyl (C=O) groups excluding carboxylic acids is 1. The number of benzene rings is 2. The van der Waals surface area contributed by atoms with Gasteiger partial charge in [-0.05, 0) is 46.3 Å². The Morgan fingerprint density at radius 1 is 1.15 bits per heavy atom. The lowest BCUT2D eigenvalue weighted by atomic mass is 10.0. The summed E-state index contributed by atoms with van der Waals surface area (Å²) in [6.45, 7) is 0. The van der Waals surface area contributed by atoms with Gasteiger partial charge in [0.15, 0.2) is 5.78 Å². The van der Waals surface area contributed by atoms with Gasteiger partial charge < -0.3 is 0 Å². The van der Waals surface area contributed by atoms with E-state index >= 15 is 0 Å². The zero-order valence-corrected chi connectivity index (χ0v) is 13.8. The van der Waals surface area contributed by atoms with E-state index in [0.29, 0.717) is 4.47 Å². The lowest BCUT2D eigenvalue weighted by molar-refractivity contribution is 0.0990. The van der Waals surface area contributed by atoms with Crippen molar-refractivity contribution < 1.29 is 13.6 Å². The van der Waals surface area contributed by atoms with Crippen LogP contribution < -0.4 is 0 Å². The quantitative estimate of drug-likeness (QED) is 0.465. The molecule has 2 aromatic carbocycles. The topological polar surface area (TPSA) is 17.1 Å². The molecule has 0 radical (unpaired) electrons. The molecule has 20 heavy (non-hydrogen) atoms. The van der Waals surface area contributed by atoms with E-state index in [1.54, 1.807) is 12.1 Å². The summed E-state index contributed by atoms with van der Waals surface area (Å²) in [4.78, 5) is 12.1. The van der Waals surface area contributed by atoms with Crippen molar-refractivity contribution in [2.45, 2.75) is 6.42 Å². The van der Waals surface area contributed by atoms with Gasteiger partial charge in [0.05, 0.1) is 9.50 Å². The number of halogens is 5. The van der Waals surface area contributed by atoms with Gasteiger partial charge in [0.1, 0.15) is 11.6 Å². The minimum absolute atomic E-state index is 0.113. The van der Waals surface area contributed by atoms with Gasteiger partial charge in [-0.2, -0.15) is 0 Å². The monoisotopic (exact) mass is 422 g/mol. The molecule has 0 heterocycles. The maximum absolute atomic E-state index is 13.8. The summed E-state index contributed by atoms with van der Waals surface area (Å²) in [6, 6.07) is 7.12. The Balaban J connectivity index is 2.38. The molecule has 0 aliphatic carbocycles. The van der Waals surface area contributed by atoms with Crippen molar-refractivity contribution in [3.63, 3.8) is 0 Å². The molecule has 0 bridgehead atoms. The second kappa shape index (κ2) is 6.33. The maximum atomic E-state index is 13.8. The van der Waals surface area contributed by atoms with Crippen molar-refractivity contribution >= 4 is 49.2 Å². The third kappa shape index (κ3) is 3.27. The molecule has 0 fully saturated rings. The minimum Gasteiger partial charge on any atom is -0.294 e.